The van der Waals surface area contributed by atoms with Gasteiger partial charge in [0, 0.05) is 23.2 Å². The zero-order valence-electron chi connectivity index (χ0n) is 17.1. The first kappa shape index (κ1) is 21.7. The van der Waals surface area contributed by atoms with Gasteiger partial charge >= 0.3 is 5.97 Å². The number of nitro groups is 1. The number of nitro benzene ring substituents is 1. The van der Waals surface area contributed by atoms with Crippen molar-refractivity contribution in [3.05, 3.63) is 74.4 Å². The lowest BCUT2D eigenvalue weighted by Crippen LogP contribution is -2.22. The van der Waals surface area contributed by atoms with Gasteiger partial charge in [-0.15, -0.1) is 0 Å². The van der Waals surface area contributed by atoms with Crippen LogP contribution in [0, 0.1) is 10.1 Å². The highest BCUT2D eigenvalue weighted by atomic mass is 35.5. The SMILES string of the molecule is O=C(COC(=O)c1c2c(nc3ccccc13)CCCCC2)Nc1cc([N+](=O)[O-])ccc1Cl. The van der Waals surface area contributed by atoms with Gasteiger partial charge in [-0.1, -0.05) is 36.2 Å². The van der Waals surface area contributed by atoms with Crippen LogP contribution in [0.4, 0.5) is 11.4 Å². The third kappa shape index (κ3) is 4.55. The lowest BCUT2D eigenvalue weighted by atomic mass is 9.97. The molecule has 8 nitrogen and oxygen atoms in total. The van der Waals surface area contributed by atoms with Gasteiger partial charge in [0.05, 0.1) is 26.7 Å². The van der Waals surface area contributed by atoms with E-state index in [4.69, 9.17) is 21.3 Å². The molecule has 3 aromatic rings. The second-order valence-corrected chi connectivity index (χ2v) is 7.94. The first-order chi connectivity index (χ1) is 15.4. The highest BCUT2D eigenvalue weighted by Crippen LogP contribution is 2.30. The minimum Gasteiger partial charge on any atom is -0.452 e. The summed E-state index contributed by atoms with van der Waals surface area (Å²) in [6, 6.07) is 11.1. The number of carbonyl (C=O) groups excluding carboxylic acids is 2. The molecule has 0 saturated heterocycles. The number of amides is 1. The summed E-state index contributed by atoms with van der Waals surface area (Å²) in [4.78, 5) is 40.5. The van der Waals surface area contributed by atoms with Crippen molar-refractivity contribution in [3.8, 4) is 0 Å². The van der Waals surface area contributed by atoms with Crippen LogP contribution in [0.3, 0.4) is 0 Å². The molecular weight excluding hydrogens is 434 g/mol. The quantitative estimate of drug-likeness (QED) is 0.255. The molecule has 4 rings (SSSR count). The van der Waals surface area contributed by atoms with Crippen LogP contribution in [0.5, 0.6) is 0 Å². The van der Waals surface area contributed by atoms with Gasteiger partial charge < -0.3 is 10.1 Å². The van der Waals surface area contributed by atoms with Crippen molar-refractivity contribution in [2.24, 2.45) is 0 Å². The third-order valence-corrected chi connectivity index (χ3v) is 5.72. The number of aryl methyl sites for hydroxylation is 1. The molecule has 0 bridgehead atoms. The second kappa shape index (κ2) is 9.32. The van der Waals surface area contributed by atoms with E-state index in [2.05, 4.69) is 5.32 Å². The normalized spacial score (nSPS) is 13.2. The standard InChI is InChI=1S/C23H20ClN3O5/c24-17-11-10-14(27(30)31)12-20(17)26-21(28)13-32-23(29)22-15-6-2-1-3-8-18(15)25-19-9-5-4-7-16(19)22/h4-5,7,9-12H,1-3,6,8,13H2,(H,26,28). The number of nitrogens with zero attached hydrogens (tertiary/aromatic N) is 2. The maximum atomic E-state index is 13.1. The number of hydrogen-bond acceptors (Lipinski definition) is 6. The van der Waals surface area contributed by atoms with Crippen molar-refractivity contribution >= 4 is 45.8 Å². The smallest absolute Gasteiger partial charge is 0.339 e. The van der Waals surface area contributed by atoms with E-state index in [1.54, 1.807) is 0 Å². The highest BCUT2D eigenvalue weighted by Gasteiger charge is 2.23. The molecule has 0 spiro atoms. The van der Waals surface area contributed by atoms with E-state index >= 15 is 0 Å². The van der Waals surface area contributed by atoms with Crippen LogP contribution >= 0.6 is 11.6 Å². The minimum atomic E-state index is -0.648. The Kier molecular flexibility index (Phi) is 6.32. The zero-order valence-corrected chi connectivity index (χ0v) is 17.9. The summed E-state index contributed by atoms with van der Waals surface area (Å²) in [7, 11) is 0. The van der Waals surface area contributed by atoms with Gasteiger partial charge in [-0.05, 0) is 43.4 Å². The molecule has 1 N–H and O–H groups in total. The number of anilines is 1. The maximum Gasteiger partial charge on any atom is 0.339 e. The van der Waals surface area contributed by atoms with Crippen molar-refractivity contribution in [1.82, 2.24) is 4.98 Å². The van der Waals surface area contributed by atoms with Crippen molar-refractivity contribution in [3.63, 3.8) is 0 Å². The van der Waals surface area contributed by atoms with Gasteiger partial charge in [0.2, 0.25) is 0 Å². The Morgan fingerprint density at radius 2 is 1.91 bits per heavy atom. The third-order valence-electron chi connectivity index (χ3n) is 5.39. The number of nitrogens with one attached hydrogen (secondary N) is 1. The first-order valence-electron chi connectivity index (χ1n) is 10.3. The van der Waals surface area contributed by atoms with Crippen LogP contribution in [-0.2, 0) is 22.4 Å². The van der Waals surface area contributed by atoms with Crippen LogP contribution < -0.4 is 5.32 Å². The fraction of sp³-hybridized carbons (Fsp3) is 0.261. The molecule has 32 heavy (non-hydrogen) atoms. The Labute approximate surface area is 188 Å². The predicted molar refractivity (Wildman–Crippen MR) is 120 cm³/mol. The van der Waals surface area contributed by atoms with Crippen LogP contribution in [-0.4, -0.2) is 28.4 Å². The van der Waals surface area contributed by atoms with Crippen LogP contribution in [0.2, 0.25) is 5.02 Å². The average Bonchev–Trinajstić information content (AvgIpc) is 3.02. The van der Waals surface area contributed by atoms with Gasteiger partial charge in [-0.25, -0.2) is 4.79 Å². The van der Waals surface area contributed by atoms with Gasteiger partial charge in [-0.3, -0.25) is 19.9 Å². The van der Waals surface area contributed by atoms with Gasteiger partial charge in [0.15, 0.2) is 6.61 Å². The second-order valence-electron chi connectivity index (χ2n) is 7.54. The number of esters is 1. The Balaban J connectivity index is 1.55. The highest BCUT2D eigenvalue weighted by molar-refractivity contribution is 6.33. The van der Waals surface area contributed by atoms with Crippen LogP contribution in [0.25, 0.3) is 10.9 Å². The minimum absolute atomic E-state index is 0.0742. The van der Waals surface area contributed by atoms with Crippen molar-refractivity contribution in [2.45, 2.75) is 32.1 Å². The van der Waals surface area contributed by atoms with E-state index < -0.39 is 23.4 Å². The Morgan fingerprint density at radius 3 is 2.72 bits per heavy atom. The molecule has 1 amide bonds. The van der Waals surface area contributed by atoms with E-state index in [0.717, 1.165) is 49.4 Å². The number of fused-ring (bicyclic) bond motifs is 2. The van der Waals surface area contributed by atoms with E-state index in [1.165, 1.54) is 12.1 Å². The number of para-hydroxylation sites is 1. The van der Waals surface area contributed by atoms with Crippen molar-refractivity contribution in [1.29, 1.82) is 0 Å². The molecule has 1 aromatic heterocycles. The fourth-order valence-corrected chi connectivity index (χ4v) is 4.06. The summed E-state index contributed by atoms with van der Waals surface area (Å²) < 4.78 is 5.34. The van der Waals surface area contributed by atoms with E-state index in [1.807, 2.05) is 24.3 Å². The molecule has 0 unspecified atom stereocenters. The lowest BCUT2D eigenvalue weighted by molar-refractivity contribution is -0.384. The number of hydrogen-bond donors (Lipinski definition) is 1. The summed E-state index contributed by atoms with van der Waals surface area (Å²) in [5, 5.41) is 14.2. The number of aromatic nitrogens is 1. The average molecular weight is 454 g/mol. The molecule has 164 valence electrons. The van der Waals surface area contributed by atoms with E-state index in [-0.39, 0.29) is 16.4 Å². The molecule has 1 aliphatic rings. The molecule has 0 atom stereocenters. The predicted octanol–water partition coefficient (Wildman–Crippen LogP) is 4.86. The molecule has 0 radical (unpaired) electrons. The number of benzene rings is 2. The molecule has 1 aliphatic carbocycles. The molecule has 1 heterocycles. The Hall–Kier alpha value is -3.52. The van der Waals surface area contributed by atoms with Gasteiger partial charge in [0.1, 0.15) is 0 Å². The molecule has 0 saturated carbocycles. The Bertz CT molecular complexity index is 1230. The fourth-order valence-electron chi connectivity index (χ4n) is 3.89. The number of rotatable bonds is 5. The Morgan fingerprint density at radius 1 is 1.12 bits per heavy atom. The maximum absolute atomic E-state index is 13.1. The summed E-state index contributed by atoms with van der Waals surface area (Å²) in [6.45, 7) is -0.552. The topological polar surface area (TPSA) is 111 Å². The van der Waals surface area contributed by atoms with Gasteiger partial charge in [-0.2, -0.15) is 0 Å². The molecular formula is C23H20ClN3O5. The van der Waals surface area contributed by atoms with E-state index in [0.29, 0.717) is 16.5 Å². The summed E-state index contributed by atoms with van der Waals surface area (Å²) in [5.41, 5.74) is 2.81. The number of ether oxygens (including phenoxy) is 1. The monoisotopic (exact) mass is 453 g/mol. The summed E-state index contributed by atoms with van der Waals surface area (Å²) >= 11 is 6.01. The molecule has 0 aliphatic heterocycles. The van der Waals surface area contributed by atoms with Crippen molar-refractivity contribution < 1.29 is 19.2 Å². The van der Waals surface area contributed by atoms with Crippen LogP contribution in [0.15, 0.2) is 42.5 Å². The van der Waals surface area contributed by atoms with E-state index in [9.17, 15) is 19.7 Å². The number of pyridine rings is 1. The zero-order chi connectivity index (χ0) is 22.7. The van der Waals surface area contributed by atoms with Crippen molar-refractivity contribution in [2.75, 3.05) is 11.9 Å². The van der Waals surface area contributed by atoms with Gasteiger partial charge in [0.25, 0.3) is 11.6 Å². The molecule has 9 heteroatoms. The summed E-state index contributed by atoms with van der Waals surface area (Å²) in [6.07, 6.45) is 4.56. The number of non-ortho nitro benzene ring substituents is 1. The number of carbonyl (C=O) groups is 2. The van der Waals surface area contributed by atoms with Crippen LogP contribution in [0.1, 0.15) is 40.9 Å². The number of halogens is 1. The molecule has 2 aromatic carbocycles. The lowest BCUT2D eigenvalue weighted by Gasteiger charge is -2.15. The first-order valence-corrected chi connectivity index (χ1v) is 10.6. The molecule has 0 fully saturated rings. The summed E-state index contributed by atoms with van der Waals surface area (Å²) in [5.74, 6) is -1.24. The largest absolute Gasteiger partial charge is 0.452 e.